The zero-order chi connectivity index (χ0) is 10.2. The molecule has 0 aromatic carbocycles. The Morgan fingerprint density at radius 1 is 1.00 bits per heavy atom. The highest BCUT2D eigenvalue weighted by Crippen LogP contribution is 2.60. The van der Waals surface area contributed by atoms with Crippen molar-refractivity contribution < 1.29 is 14.2 Å². The topological polar surface area (TPSA) is 27.7 Å². The fourth-order valence-electron chi connectivity index (χ4n) is 4.03. The van der Waals surface area contributed by atoms with Gasteiger partial charge in [0, 0.05) is 11.8 Å². The van der Waals surface area contributed by atoms with Crippen LogP contribution in [0.2, 0.25) is 0 Å². The van der Waals surface area contributed by atoms with Crippen molar-refractivity contribution in [3.8, 4) is 0 Å². The van der Waals surface area contributed by atoms with E-state index in [1.165, 1.54) is 5.57 Å². The predicted octanol–water partition coefficient (Wildman–Crippen LogP) is 1.54. The molecule has 82 valence electrons. The van der Waals surface area contributed by atoms with E-state index in [4.69, 9.17) is 14.2 Å². The van der Waals surface area contributed by atoms with Gasteiger partial charge in [-0.05, 0) is 25.7 Å². The van der Waals surface area contributed by atoms with Gasteiger partial charge in [0.2, 0.25) is 0 Å². The van der Waals surface area contributed by atoms with Gasteiger partial charge in [-0.15, -0.1) is 0 Å². The van der Waals surface area contributed by atoms with Gasteiger partial charge in [0.1, 0.15) is 0 Å². The van der Waals surface area contributed by atoms with E-state index >= 15 is 0 Å². The lowest BCUT2D eigenvalue weighted by atomic mass is 9.88. The Kier molecular flexibility index (Phi) is 1.54. The molecule has 0 aromatic rings. The third-order valence-corrected chi connectivity index (χ3v) is 4.53. The summed E-state index contributed by atoms with van der Waals surface area (Å²) in [5.41, 5.74) is 3.04. The first-order chi connectivity index (χ1) is 7.27. The molecule has 3 nitrogen and oxygen atoms in total. The molecular formula is C12H16O3. The van der Waals surface area contributed by atoms with Crippen LogP contribution in [-0.2, 0) is 14.2 Å². The van der Waals surface area contributed by atoms with Gasteiger partial charge in [-0.3, -0.25) is 0 Å². The maximum atomic E-state index is 5.86. The predicted molar refractivity (Wildman–Crippen MR) is 52.9 cm³/mol. The van der Waals surface area contributed by atoms with E-state index in [0.717, 1.165) is 13.2 Å². The molecule has 0 radical (unpaired) electrons. The van der Waals surface area contributed by atoms with Gasteiger partial charge in [0.05, 0.1) is 13.2 Å². The van der Waals surface area contributed by atoms with Gasteiger partial charge >= 0.3 is 0 Å². The molecule has 6 unspecified atom stereocenters. The largest absolute Gasteiger partial charge is 0.352 e. The van der Waals surface area contributed by atoms with E-state index in [-0.39, 0.29) is 12.6 Å². The van der Waals surface area contributed by atoms with Crippen LogP contribution in [0, 0.1) is 23.7 Å². The molecule has 1 aliphatic carbocycles. The van der Waals surface area contributed by atoms with Crippen LogP contribution in [-0.4, -0.2) is 25.8 Å². The smallest absolute Gasteiger partial charge is 0.167 e. The second-order valence-electron chi connectivity index (χ2n) is 5.37. The zero-order valence-corrected chi connectivity index (χ0v) is 9.10. The molecule has 0 N–H and O–H groups in total. The Morgan fingerprint density at radius 2 is 1.53 bits per heavy atom. The molecule has 4 fully saturated rings. The highest BCUT2D eigenvalue weighted by Gasteiger charge is 2.64. The monoisotopic (exact) mass is 208 g/mol. The first-order valence-electron chi connectivity index (χ1n) is 5.83. The normalized spacial score (nSPS) is 55.2. The molecule has 4 aliphatic rings. The summed E-state index contributed by atoms with van der Waals surface area (Å²) >= 11 is 0. The summed E-state index contributed by atoms with van der Waals surface area (Å²) in [5, 5.41) is 0. The van der Waals surface area contributed by atoms with Crippen LogP contribution in [0.5, 0.6) is 0 Å². The van der Waals surface area contributed by atoms with Gasteiger partial charge in [-0.1, -0.05) is 11.1 Å². The van der Waals surface area contributed by atoms with Crippen molar-refractivity contribution in [1.29, 1.82) is 0 Å². The third-order valence-electron chi connectivity index (χ3n) is 4.53. The van der Waals surface area contributed by atoms with Crippen LogP contribution >= 0.6 is 0 Å². The second-order valence-corrected chi connectivity index (χ2v) is 5.37. The van der Waals surface area contributed by atoms with E-state index < -0.39 is 0 Å². The average molecular weight is 208 g/mol. The maximum absolute atomic E-state index is 5.86. The van der Waals surface area contributed by atoms with Crippen molar-refractivity contribution in [3.05, 3.63) is 11.1 Å². The van der Waals surface area contributed by atoms with Crippen LogP contribution in [0.3, 0.4) is 0 Å². The summed E-state index contributed by atoms with van der Waals surface area (Å²) in [6.45, 7) is 6.16. The lowest BCUT2D eigenvalue weighted by molar-refractivity contribution is -0.246. The van der Waals surface area contributed by atoms with E-state index in [0.29, 0.717) is 23.7 Å². The SMILES string of the molecule is CC(C)=C1C2C3OCC2C2COC(O3)C12. The molecule has 0 spiro atoms. The number of hydrogen-bond acceptors (Lipinski definition) is 3. The van der Waals surface area contributed by atoms with E-state index in [9.17, 15) is 0 Å². The second kappa shape index (κ2) is 2.65. The molecule has 3 heterocycles. The highest BCUT2D eigenvalue weighted by molar-refractivity contribution is 5.30. The van der Waals surface area contributed by atoms with Crippen LogP contribution in [0.15, 0.2) is 11.1 Å². The van der Waals surface area contributed by atoms with Crippen molar-refractivity contribution in [3.63, 3.8) is 0 Å². The molecule has 0 amide bonds. The summed E-state index contributed by atoms with van der Waals surface area (Å²) in [6, 6.07) is 0. The summed E-state index contributed by atoms with van der Waals surface area (Å²) in [4.78, 5) is 0. The molecule has 15 heavy (non-hydrogen) atoms. The summed E-state index contributed by atoms with van der Waals surface area (Å²) in [5.74, 6) is 2.37. The molecule has 3 saturated heterocycles. The molecule has 2 bridgehead atoms. The minimum absolute atomic E-state index is 0.0218. The van der Waals surface area contributed by atoms with Crippen molar-refractivity contribution in [1.82, 2.24) is 0 Å². The number of hydrogen-bond donors (Lipinski definition) is 0. The van der Waals surface area contributed by atoms with Gasteiger partial charge in [-0.25, -0.2) is 0 Å². The van der Waals surface area contributed by atoms with Crippen LogP contribution in [0.1, 0.15) is 13.8 Å². The summed E-state index contributed by atoms with van der Waals surface area (Å²) in [6.07, 6.45) is -0.0436. The molecular weight excluding hydrogens is 192 g/mol. The Morgan fingerprint density at radius 3 is 2.00 bits per heavy atom. The molecule has 3 aliphatic heterocycles. The fourth-order valence-corrected chi connectivity index (χ4v) is 4.03. The standard InChI is InChI=1S/C12H16O3/c1-5(2)8-9-6-3-13-11(9)15-12-10(8)7(6)4-14-12/h6-7,9-12H,3-4H2,1-2H3. The molecule has 1 saturated carbocycles. The van der Waals surface area contributed by atoms with Gasteiger partial charge < -0.3 is 14.2 Å². The molecule has 6 atom stereocenters. The minimum Gasteiger partial charge on any atom is -0.352 e. The number of fused-ring (bicyclic) bond motifs is 1. The van der Waals surface area contributed by atoms with Gasteiger partial charge in [-0.2, -0.15) is 0 Å². The first kappa shape index (κ1) is 8.74. The Balaban J connectivity index is 1.90. The average Bonchev–Trinajstić information content (AvgIpc) is 2.81. The number of rotatable bonds is 0. The Labute approximate surface area is 89.4 Å². The van der Waals surface area contributed by atoms with Crippen molar-refractivity contribution in [2.24, 2.45) is 23.7 Å². The van der Waals surface area contributed by atoms with Crippen molar-refractivity contribution >= 4 is 0 Å². The maximum Gasteiger partial charge on any atom is 0.167 e. The number of allylic oxidation sites excluding steroid dienone is 1. The van der Waals surface area contributed by atoms with Crippen LogP contribution in [0.25, 0.3) is 0 Å². The van der Waals surface area contributed by atoms with Gasteiger partial charge in [0.25, 0.3) is 0 Å². The lowest BCUT2D eigenvalue weighted by Gasteiger charge is -2.33. The fraction of sp³-hybridized carbons (Fsp3) is 0.833. The van der Waals surface area contributed by atoms with Gasteiger partial charge in [0.15, 0.2) is 12.6 Å². The van der Waals surface area contributed by atoms with E-state index in [1.807, 2.05) is 0 Å². The summed E-state index contributed by atoms with van der Waals surface area (Å²) < 4.78 is 17.3. The van der Waals surface area contributed by atoms with Crippen molar-refractivity contribution in [2.75, 3.05) is 13.2 Å². The zero-order valence-electron chi connectivity index (χ0n) is 9.10. The Bertz CT molecular complexity index is 319. The Hall–Kier alpha value is -0.380. The molecule has 0 aromatic heterocycles. The van der Waals surface area contributed by atoms with Crippen molar-refractivity contribution in [2.45, 2.75) is 26.4 Å². The summed E-state index contributed by atoms with van der Waals surface area (Å²) in [7, 11) is 0. The number of ether oxygens (including phenoxy) is 3. The molecule has 4 rings (SSSR count). The highest BCUT2D eigenvalue weighted by atomic mass is 16.8. The third kappa shape index (κ3) is 0.884. The quantitative estimate of drug-likeness (QED) is 0.565. The molecule has 3 heteroatoms. The first-order valence-corrected chi connectivity index (χ1v) is 5.83. The lowest BCUT2D eigenvalue weighted by Crippen LogP contribution is -2.37. The van der Waals surface area contributed by atoms with Crippen LogP contribution < -0.4 is 0 Å². The van der Waals surface area contributed by atoms with E-state index in [1.54, 1.807) is 5.57 Å². The van der Waals surface area contributed by atoms with E-state index in [2.05, 4.69) is 13.8 Å². The van der Waals surface area contributed by atoms with Crippen LogP contribution in [0.4, 0.5) is 0 Å². The minimum atomic E-state index is -0.0218.